The second kappa shape index (κ2) is 7.61. The van der Waals surface area contributed by atoms with E-state index in [2.05, 4.69) is 44.4 Å². The molecule has 2 aliphatic heterocycles. The van der Waals surface area contributed by atoms with Gasteiger partial charge in [0.15, 0.2) is 5.96 Å². The maximum absolute atomic E-state index is 5.45. The molecule has 0 aromatic heterocycles. The van der Waals surface area contributed by atoms with Crippen molar-refractivity contribution in [3.05, 3.63) is 35.9 Å². The van der Waals surface area contributed by atoms with E-state index in [1.54, 1.807) is 0 Å². The topological polar surface area (TPSA) is 40.1 Å². The Hall–Kier alpha value is -1.59. The minimum absolute atomic E-state index is 0.638. The van der Waals surface area contributed by atoms with Crippen LogP contribution in [0.25, 0.3) is 0 Å². The van der Waals surface area contributed by atoms with E-state index in [9.17, 15) is 0 Å². The molecule has 22 heavy (non-hydrogen) atoms. The first-order valence-electron chi connectivity index (χ1n) is 8.18. The highest BCUT2D eigenvalue weighted by molar-refractivity contribution is 5.80. The quantitative estimate of drug-likeness (QED) is 0.672. The molecule has 0 aliphatic carbocycles. The first kappa shape index (κ1) is 15.3. The molecule has 1 aromatic rings. The number of nitrogens with one attached hydrogen (secondary N) is 1. The third kappa shape index (κ3) is 3.78. The van der Waals surface area contributed by atoms with Gasteiger partial charge in [0.25, 0.3) is 0 Å². The summed E-state index contributed by atoms with van der Waals surface area (Å²) in [5, 5.41) is 3.48. The van der Waals surface area contributed by atoms with Crippen LogP contribution in [0.15, 0.2) is 35.3 Å². The lowest BCUT2D eigenvalue weighted by Crippen LogP contribution is -2.46. The molecule has 2 aliphatic rings. The number of rotatable bonds is 3. The molecule has 1 N–H and O–H groups in total. The number of hydrogen-bond acceptors (Lipinski definition) is 3. The summed E-state index contributed by atoms with van der Waals surface area (Å²) < 4.78 is 5.45. The Morgan fingerprint density at radius 3 is 2.73 bits per heavy atom. The SMILES string of the molecule is CN=C(NCc1ccccc1)N1CCC(N2CCOCC2)C1. The molecule has 0 amide bonds. The van der Waals surface area contributed by atoms with Crippen LogP contribution in [0.4, 0.5) is 0 Å². The van der Waals surface area contributed by atoms with Crippen molar-refractivity contribution in [2.45, 2.75) is 19.0 Å². The van der Waals surface area contributed by atoms with Gasteiger partial charge in [0.1, 0.15) is 0 Å². The van der Waals surface area contributed by atoms with Crippen molar-refractivity contribution >= 4 is 5.96 Å². The van der Waals surface area contributed by atoms with E-state index in [0.29, 0.717) is 6.04 Å². The molecule has 1 atom stereocenters. The van der Waals surface area contributed by atoms with E-state index >= 15 is 0 Å². The fourth-order valence-corrected chi connectivity index (χ4v) is 3.28. The highest BCUT2D eigenvalue weighted by Crippen LogP contribution is 2.17. The number of guanidine groups is 1. The van der Waals surface area contributed by atoms with Gasteiger partial charge in [0.05, 0.1) is 13.2 Å². The number of nitrogens with zero attached hydrogens (tertiary/aromatic N) is 3. The van der Waals surface area contributed by atoms with Crippen LogP contribution < -0.4 is 5.32 Å². The van der Waals surface area contributed by atoms with Crippen LogP contribution >= 0.6 is 0 Å². The number of aliphatic imine (C=N–C) groups is 1. The Bertz CT molecular complexity index is 485. The van der Waals surface area contributed by atoms with Crippen LogP contribution in [0, 0.1) is 0 Å². The Balaban J connectivity index is 1.51. The maximum atomic E-state index is 5.45. The van der Waals surface area contributed by atoms with E-state index in [4.69, 9.17) is 4.74 Å². The summed E-state index contributed by atoms with van der Waals surface area (Å²) in [4.78, 5) is 9.39. The first-order valence-corrected chi connectivity index (χ1v) is 8.18. The molecule has 1 unspecified atom stereocenters. The number of likely N-dealkylation sites (tertiary alicyclic amines) is 1. The van der Waals surface area contributed by atoms with Crippen LogP contribution in [-0.4, -0.2) is 68.2 Å². The summed E-state index contributed by atoms with van der Waals surface area (Å²) in [6, 6.07) is 11.1. The van der Waals surface area contributed by atoms with E-state index < -0.39 is 0 Å². The molecule has 0 spiro atoms. The standard InChI is InChI=1S/C17H26N4O/c1-18-17(19-13-15-5-3-2-4-6-15)21-8-7-16(14-21)20-9-11-22-12-10-20/h2-6,16H,7-14H2,1H3,(H,18,19). The van der Waals surface area contributed by atoms with Gasteiger partial charge in [-0.3, -0.25) is 9.89 Å². The Morgan fingerprint density at radius 1 is 1.23 bits per heavy atom. The minimum atomic E-state index is 0.638. The summed E-state index contributed by atoms with van der Waals surface area (Å²) in [6.07, 6.45) is 1.21. The molecule has 0 saturated carbocycles. The smallest absolute Gasteiger partial charge is 0.193 e. The molecular weight excluding hydrogens is 276 g/mol. The monoisotopic (exact) mass is 302 g/mol. The second-order valence-corrected chi connectivity index (χ2v) is 5.92. The van der Waals surface area contributed by atoms with Crippen molar-refractivity contribution in [1.82, 2.24) is 15.1 Å². The average molecular weight is 302 g/mol. The van der Waals surface area contributed by atoms with Crippen molar-refractivity contribution in [2.24, 2.45) is 4.99 Å². The zero-order chi connectivity index (χ0) is 15.2. The summed E-state index contributed by atoms with van der Waals surface area (Å²) in [5.41, 5.74) is 1.28. The number of morpholine rings is 1. The molecule has 0 radical (unpaired) electrons. The number of benzene rings is 1. The lowest BCUT2D eigenvalue weighted by molar-refractivity contribution is 0.0195. The Morgan fingerprint density at radius 2 is 2.00 bits per heavy atom. The molecular formula is C17H26N4O. The summed E-state index contributed by atoms with van der Waals surface area (Å²) in [7, 11) is 1.87. The zero-order valence-corrected chi connectivity index (χ0v) is 13.4. The highest BCUT2D eigenvalue weighted by Gasteiger charge is 2.30. The van der Waals surface area contributed by atoms with Crippen LogP contribution in [0.2, 0.25) is 0 Å². The van der Waals surface area contributed by atoms with Gasteiger partial charge in [-0.25, -0.2) is 0 Å². The first-order chi connectivity index (χ1) is 10.9. The van der Waals surface area contributed by atoms with Gasteiger partial charge >= 0.3 is 0 Å². The third-order valence-electron chi connectivity index (χ3n) is 4.53. The van der Waals surface area contributed by atoms with Crippen LogP contribution in [0.5, 0.6) is 0 Å². The van der Waals surface area contributed by atoms with Gasteiger partial charge < -0.3 is 15.0 Å². The van der Waals surface area contributed by atoms with Gasteiger partial charge in [-0.1, -0.05) is 30.3 Å². The van der Waals surface area contributed by atoms with E-state index in [1.807, 2.05) is 13.1 Å². The van der Waals surface area contributed by atoms with Gasteiger partial charge in [-0.15, -0.1) is 0 Å². The van der Waals surface area contributed by atoms with Gasteiger partial charge in [0.2, 0.25) is 0 Å². The molecule has 2 heterocycles. The van der Waals surface area contributed by atoms with Crippen molar-refractivity contribution in [3.8, 4) is 0 Å². The summed E-state index contributed by atoms with van der Waals surface area (Å²) >= 11 is 0. The molecule has 120 valence electrons. The predicted octanol–water partition coefficient (Wildman–Crippen LogP) is 1.17. The van der Waals surface area contributed by atoms with E-state index in [1.165, 1.54) is 12.0 Å². The second-order valence-electron chi connectivity index (χ2n) is 5.92. The largest absolute Gasteiger partial charge is 0.379 e. The lowest BCUT2D eigenvalue weighted by Gasteiger charge is -2.32. The van der Waals surface area contributed by atoms with Gasteiger partial charge in [0, 0.05) is 45.8 Å². The van der Waals surface area contributed by atoms with Crippen molar-refractivity contribution in [2.75, 3.05) is 46.4 Å². The molecule has 2 fully saturated rings. The van der Waals surface area contributed by atoms with Crippen LogP contribution in [0.3, 0.4) is 0 Å². The van der Waals surface area contributed by atoms with Crippen molar-refractivity contribution in [1.29, 1.82) is 0 Å². The molecule has 2 saturated heterocycles. The van der Waals surface area contributed by atoms with Crippen LogP contribution in [-0.2, 0) is 11.3 Å². The van der Waals surface area contributed by atoms with E-state index in [-0.39, 0.29) is 0 Å². The maximum Gasteiger partial charge on any atom is 0.193 e. The highest BCUT2D eigenvalue weighted by atomic mass is 16.5. The summed E-state index contributed by atoms with van der Waals surface area (Å²) in [5.74, 6) is 1.01. The van der Waals surface area contributed by atoms with Gasteiger partial charge in [-0.2, -0.15) is 0 Å². The molecule has 3 rings (SSSR count). The van der Waals surface area contributed by atoms with Gasteiger partial charge in [-0.05, 0) is 12.0 Å². The number of ether oxygens (including phenoxy) is 1. The molecule has 1 aromatic carbocycles. The van der Waals surface area contributed by atoms with Crippen molar-refractivity contribution in [3.63, 3.8) is 0 Å². The van der Waals surface area contributed by atoms with E-state index in [0.717, 1.165) is 51.9 Å². The molecule has 0 bridgehead atoms. The molecule has 5 nitrogen and oxygen atoms in total. The van der Waals surface area contributed by atoms with Crippen LogP contribution in [0.1, 0.15) is 12.0 Å². The summed E-state index contributed by atoms with van der Waals surface area (Å²) in [6.45, 7) is 6.84. The zero-order valence-electron chi connectivity index (χ0n) is 13.4. The lowest BCUT2D eigenvalue weighted by atomic mass is 10.2. The third-order valence-corrected chi connectivity index (χ3v) is 4.53. The minimum Gasteiger partial charge on any atom is -0.379 e. The Kier molecular flexibility index (Phi) is 5.29. The average Bonchev–Trinajstić information content (AvgIpc) is 3.07. The fraction of sp³-hybridized carbons (Fsp3) is 0.588. The normalized spacial score (nSPS) is 23.8. The molecule has 5 heteroatoms. The predicted molar refractivity (Wildman–Crippen MR) is 89.0 cm³/mol. The fourth-order valence-electron chi connectivity index (χ4n) is 3.28. The van der Waals surface area contributed by atoms with Crippen molar-refractivity contribution < 1.29 is 4.74 Å². The number of hydrogen-bond donors (Lipinski definition) is 1. The Labute approximate surface area is 133 Å².